The highest BCUT2D eigenvalue weighted by Gasteiger charge is 2.34. The quantitative estimate of drug-likeness (QED) is 0.535. The fraction of sp³-hybridized carbons (Fsp3) is 0.520. The second-order valence-electron chi connectivity index (χ2n) is 8.60. The Kier molecular flexibility index (Phi) is 5.33. The van der Waals surface area contributed by atoms with E-state index < -0.39 is 0 Å². The number of benzene rings is 2. The zero-order valence-corrected chi connectivity index (χ0v) is 16.3. The summed E-state index contributed by atoms with van der Waals surface area (Å²) in [6.45, 7) is 5.11. The van der Waals surface area contributed by atoms with Crippen molar-refractivity contribution in [1.82, 2.24) is 0 Å². The highest BCUT2D eigenvalue weighted by molar-refractivity contribution is 5.84. The van der Waals surface area contributed by atoms with Crippen LogP contribution in [0, 0.1) is 17.8 Å². The summed E-state index contributed by atoms with van der Waals surface area (Å²) in [7, 11) is 0. The van der Waals surface area contributed by atoms with Gasteiger partial charge in [0.1, 0.15) is 12.4 Å². The van der Waals surface area contributed by atoms with Gasteiger partial charge in [0.2, 0.25) is 0 Å². The third-order valence-electron chi connectivity index (χ3n) is 6.76. The molecular weight excluding hydrogens is 316 g/mol. The van der Waals surface area contributed by atoms with Crippen molar-refractivity contribution in [2.24, 2.45) is 17.8 Å². The van der Waals surface area contributed by atoms with Crippen molar-refractivity contribution in [2.75, 3.05) is 6.61 Å². The Balaban J connectivity index is 1.48. The Morgan fingerprint density at radius 2 is 1.69 bits per heavy atom. The van der Waals surface area contributed by atoms with Gasteiger partial charge in [-0.2, -0.15) is 0 Å². The second-order valence-corrected chi connectivity index (χ2v) is 8.60. The number of hydrogen-bond acceptors (Lipinski definition) is 1. The third-order valence-corrected chi connectivity index (χ3v) is 6.76. The summed E-state index contributed by atoms with van der Waals surface area (Å²) in [4.78, 5) is 0. The normalized spacial score (nSPS) is 29.0. The van der Waals surface area contributed by atoms with Crippen LogP contribution < -0.4 is 4.74 Å². The molecule has 26 heavy (non-hydrogen) atoms. The Labute approximate surface area is 158 Å². The Hall–Kier alpha value is -1.76. The minimum absolute atomic E-state index is 0.642. The van der Waals surface area contributed by atoms with Gasteiger partial charge in [-0.3, -0.25) is 0 Å². The van der Waals surface area contributed by atoms with E-state index in [0.717, 1.165) is 29.4 Å². The average molecular weight is 349 g/mol. The molecule has 0 saturated heterocycles. The Morgan fingerprint density at radius 1 is 0.923 bits per heavy atom. The molecule has 0 spiro atoms. The topological polar surface area (TPSA) is 9.23 Å². The Bertz CT molecular complexity index is 775. The zero-order valence-electron chi connectivity index (χ0n) is 16.3. The van der Waals surface area contributed by atoms with Gasteiger partial charge in [0.15, 0.2) is 0 Å². The van der Waals surface area contributed by atoms with Crippen LogP contribution in [0.1, 0.15) is 63.9 Å². The molecule has 0 aliphatic heterocycles. The average Bonchev–Trinajstić information content (AvgIpc) is 2.67. The highest BCUT2D eigenvalue weighted by atomic mass is 16.5. The number of hydrogen-bond donors (Lipinski definition) is 0. The number of ether oxygens (including phenoxy) is 1. The van der Waals surface area contributed by atoms with Crippen LogP contribution in [0.3, 0.4) is 0 Å². The fourth-order valence-electron chi connectivity index (χ4n) is 5.25. The van der Waals surface area contributed by atoms with E-state index in [1.807, 2.05) is 19.1 Å². The minimum Gasteiger partial charge on any atom is -0.490 e. The lowest BCUT2D eigenvalue weighted by Crippen LogP contribution is -2.29. The SMILES string of the molecule is C/C=C/COc1ccc2cc([C@@H]3CC[C@@H]4CC(C)CCC4C3)ccc2c1. The molecule has 2 saturated carbocycles. The van der Waals surface area contributed by atoms with Gasteiger partial charge in [0.25, 0.3) is 0 Å². The molecule has 0 bridgehead atoms. The lowest BCUT2D eigenvalue weighted by Gasteiger charge is -2.41. The maximum atomic E-state index is 5.78. The molecule has 0 radical (unpaired) electrons. The van der Waals surface area contributed by atoms with E-state index >= 15 is 0 Å². The molecular formula is C25H32O. The predicted octanol–water partition coefficient (Wildman–Crippen LogP) is 7.11. The van der Waals surface area contributed by atoms with Crippen LogP contribution >= 0.6 is 0 Å². The molecule has 1 heteroatoms. The van der Waals surface area contributed by atoms with Crippen LogP contribution in [0.2, 0.25) is 0 Å². The molecule has 2 aromatic rings. The van der Waals surface area contributed by atoms with Gasteiger partial charge in [0.05, 0.1) is 0 Å². The molecule has 0 N–H and O–H groups in total. The van der Waals surface area contributed by atoms with E-state index in [1.54, 1.807) is 5.56 Å². The van der Waals surface area contributed by atoms with Gasteiger partial charge in [0, 0.05) is 0 Å². The van der Waals surface area contributed by atoms with E-state index in [4.69, 9.17) is 4.74 Å². The van der Waals surface area contributed by atoms with Crippen LogP contribution in [0.25, 0.3) is 10.8 Å². The highest BCUT2D eigenvalue weighted by Crippen LogP contribution is 2.47. The van der Waals surface area contributed by atoms with Gasteiger partial charge in [-0.25, -0.2) is 0 Å². The van der Waals surface area contributed by atoms with Crippen LogP contribution in [0.5, 0.6) is 5.75 Å². The maximum Gasteiger partial charge on any atom is 0.120 e. The van der Waals surface area contributed by atoms with Crippen molar-refractivity contribution in [3.63, 3.8) is 0 Å². The lowest BCUT2D eigenvalue weighted by molar-refractivity contribution is 0.124. The molecule has 4 rings (SSSR count). The van der Waals surface area contributed by atoms with E-state index in [0.29, 0.717) is 6.61 Å². The van der Waals surface area contributed by atoms with Crippen molar-refractivity contribution >= 4 is 10.8 Å². The number of allylic oxidation sites excluding steroid dienone is 1. The Morgan fingerprint density at radius 3 is 2.58 bits per heavy atom. The molecule has 4 atom stereocenters. The summed E-state index contributed by atoms with van der Waals surface area (Å²) in [5.41, 5.74) is 1.55. The van der Waals surface area contributed by atoms with Crippen LogP contribution in [-0.2, 0) is 0 Å². The first-order valence-electron chi connectivity index (χ1n) is 10.5. The summed E-state index contributed by atoms with van der Waals surface area (Å²) in [5.74, 6) is 4.66. The first-order chi connectivity index (χ1) is 12.7. The van der Waals surface area contributed by atoms with Crippen molar-refractivity contribution < 1.29 is 4.74 Å². The van der Waals surface area contributed by atoms with Gasteiger partial charge in [-0.15, -0.1) is 0 Å². The smallest absolute Gasteiger partial charge is 0.120 e. The van der Waals surface area contributed by atoms with Crippen LogP contribution in [0.4, 0.5) is 0 Å². The first kappa shape index (κ1) is 17.6. The van der Waals surface area contributed by atoms with E-state index in [-0.39, 0.29) is 0 Å². The fourth-order valence-corrected chi connectivity index (χ4v) is 5.25. The molecule has 0 aromatic heterocycles. The monoisotopic (exact) mass is 348 g/mol. The second kappa shape index (κ2) is 7.86. The lowest BCUT2D eigenvalue weighted by atomic mass is 9.64. The predicted molar refractivity (Wildman–Crippen MR) is 111 cm³/mol. The molecule has 138 valence electrons. The zero-order chi connectivity index (χ0) is 17.9. The van der Waals surface area contributed by atoms with Gasteiger partial charge in [-0.05, 0) is 91.2 Å². The summed E-state index contributed by atoms with van der Waals surface area (Å²) in [6, 6.07) is 13.6. The summed E-state index contributed by atoms with van der Waals surface area (Å²) >= 11 is 0. The van der Waals surface area contributed by atoms with E-state index in [2.05, 4.69) is 43.3 Å². The molecule has 2 aliphatic carbocycles. The molecule has 2 aromatic carbocycles. The van der Waals surface area contributed by atoms with Crippen molar-refractivity contribution in [3.8, 4) is 5.75 Å². The molecule has 2 aliphatic rings. The van der Waals surface area contributed by atoms with Crippen molar-refractivity contribution in [3.05, 3.63) is 54.1 Å². The molecule has 1 nitrogen and oxygen atoms in total. The molecule has 2 unspecified atom stereocenters. The standard InChI is InChI=1S/C25H32O/c1-3-4-13-26-25-12-11-23-16-22(9-10-24(23)17-25)21-8-7-19-14-18(2)5-6-20(19)15-21/h3-4,9-12,16-21H,5-8,13-15H2,1-2H3/b4-3+/t18?,19-,20?,21-/m1/s1. The molecule has 0 amide bonds. The molecule has 2 fully saturated rings. The summed E-state index contributed by atoms with van der Waals surface area (Å²) in [6.07, 6.45) is 12.7. The maximum absolute atomic E-state index is 5.78. The molecule has 0 heterocycles. The van der Waals surface area contributed by atoms with E-state index in [9.17, 15) is 0 Å². The van der Waals surface area contributed by atoms with Crippen molar-refractivity contribution in [1.29, 1.82) is 0 Å². The summed E-state index contributed by atoms with van der Waals surface area (Å²) in [5, 5.41) is 2.63. The summed E-state index contributed by atoms with van der Waals surface area (Å²) < 4.78 is 5.78. The number of rotatable bonds is 4. The first-order valence-corrected chi connectivity index (χ1v) is 10.5. The van der Waals surface area contributed by atoms with Gasteiger partial charge >= 0.3 is 0 Å². The van der Waals surface area contributed by atoms with E-state index in [1.165, 1.54) is 49.3 Å². The minimum atomic E-state index is 0.642. The van der Waals surface area contributed by atoms with Crippen molar-refractivity contribution in [2.45, 2.75) is 58.3 Å². The van der Waals surface area contributed by atoms with Crippen LogP contribution in [0.15, 0.2) is 48.6 Å². The van der Waals surface area contributed by atoms with Gasteiger partial charge < -0.3 is 4.74 Å². The number of fused-ring (bicyclic) bond motifs is 2. The van der Waals surface area contributed by atoms with Gasteiger partial charge in [-0.1, -0.05) is 49.8 Å². The van der Waals surface area contributed by atoms with Crippen LogP contribution in [-0.4, -0.2) is 6.61 Å². The largest absolute Gasteiger partial charge is 0.490 e. The third kappa shape index (κ3) is 3.82.